The summed E-state index contributed by atoms with van der Waals surface area (Å²) in [4.78, 5) is 6.97. The van der Waals surface area contributed by atoms with Crippen molar-refractivity contribution in [3.8, 4) is 6.07 Å². The third-order valence-electron chi connectivity index (χ3n) is 3.94. The molecule has 1 aliphatic heterocycles. The summed E-state index contributed by atoms with van der Waals surface area (Å²) in [6, 6.07) is 2.58. The van der Waals surface area contributed by atoms with Crippen molar-refractivity contribution in [2.75, 3.05) is 4.90 Å². The molecular formula is C15H19N5. The highest BCUT2D eigenvalue weighted by atomic mass is 15.4. The molecule has 2 aromatic rings. The fraction of sp³-hybridized carbons (Fsp3) is 0.533. The van der Waals surface area contributed by atoms with Crippen molar-refractivity contribution in [2.45, 2.75) is 52.6 Å². The van der Waals surface area contributed by atoms with E-state index in [-0.39, 0.29) is 5.54 Å². The van der Waals surface area contributed by atoms with Gasteiger partial charge in [-0.15, -0.1) is 0 Å². The van der Waals surface area contributed by atoms with Gasteiger partial charge in [-0.2, -0.15) is 14.9 Å². The van der Waals surface area contributed by atoms with Crippen LogP contribution in [0.1, 0.15) is 44.5 Å². The third-order valence-corrected chi connectivity index (χ3v) is 3.94. The Morgan fingerprint density at radius 3 is 2.70 bits per heavy atom. The molecule has 0 aromatic carbocycles. The van der Waals surface area contributed by atoms with Crippen molar-refractivity contribution in [1.82, 2.24) is 14.6 Å². The molecule has 0 saturated carbocycles. The van der Waals surface area contributed by atoms with Gasteiger partial charge in [0.15, 0.2) is 5.65 Å². The molecule has 0 saturated heterocycles. The van der Waals surface area contributed by atoms with Crippen molar-refractivity contribution in [1.29, 1.82) is 5.26 Å². The zero-order valence-electron chi connectivity index (χ0n) is 12.6. The number of aromatic nitrogens is 3. The highest BCUT2D eigenvalue weighted by molar-refractivity contribution is 5.66. The second-order valence-corrected chi connectivity index (χ2v) is 6.50. The molecule has 0 radical (unpaired) electrons. The molecule has 3 rings (SSSR count). The number of aryl methyl sites for hydroxylation is 1. The van der Waals surface area contributed by atoms with Gasteiger partial charge in [-0.1, -0.05) is 0 Å². The fourth-order valence-electron chi connectivity index (χ4n) is 3.26. The maximum atomic E-state index is 9.18. The molecule has 3 heterocycles. The van der Waals surface area contributed by atoms with E-state index in [2.05, 4.69) is 48.7 Å². The average molecular weight is 269 g/mol. The predicted molar refractivity (Wildman–Crippen MR) is 77.8 cm³/mol. The number of hydrogen-bond acceptors (Lipinski definition) is 4. The molecule has 2 aromatic heterocycles. The Labute approximate surface area is 118 Å². The molecule has 104 valence electrons. The maximum absolute atomic E-state index is 9.18. The van der Waals surface area contributed by atoms with Crippen LogP contribution in [0.15, 0.2) is 6.20 Å². The van der Waals surface area contributed by atoms with Crippen LogP contribution in [-0.4, -0.2) is 26.2 Å². The van der Waals surface area contributed by atoms with E-state index in [9.17, 15) is 5.26 Å². The van der Waals surface area contributed by atoms with Crippen LogP contribution in [0.4, 0.5) is 5.82 Å². The lowest BCUT2D eigenvalue weighted by atomic mass is 10.1. The lowest BCUT2D eigenvalue weighted by molar-refractivity contribution is 0.461. The van der Waals surface area contributed by atoms with E-state index < -0.39 is 0 Å². The normalized spacial score (nSPS) is 18.4. The van der Waals surface area contributed by atoms with Gasteiger partial charge in [0.25, 0.3) is 0 Å². The van der Waals surface area contributed by atoms with E-state index in [1.54, 1.807) is 6.20 Å². The summed E-state index contributed by atoms with van der Waals surface area (Å²) < 4.78 is 1.83. The third kappa shape index (κ3) is 1.61. The van der Waals surface area contributed by atoms with Crippen LogP contribution in [0.25, 0.3) is 5.65 Å². The van der Waals surface area contributed by atoms with Crippen molar-refractivity contribution >= 4 is 11.5 Å². The molecule has 0 N–H and O–H groups in total. The van der Waals surface area contributed by atoms with Gasteiger partial charge in [0.1, 0.15) is 17.5 Å². The molecule has 5 nitrogen and oxygen atoms in total. The van der Waals surface area contributed by atoms with E-state index >= 15 is 0 Å². The van der Waals surface area contributed by atoms with Gasteiger partial charge in [-0.05, 0) is 41.0 Å². The second-order valence-electron chi connectivity index (χ2n) is 6.50. The second kappa shape index (κ2) is 3.95. The highest BCUT2D eigenvalue weighted by Crippen LogP contribution is 2.38. The van der Waals surface area contributed by atoms with Crippen LogP contribution in [-0.2, 0) is 6.42 Å². The SMILES string of the molecule is Cc1nc2c(C#N)cnn2c2c1C[C@@H](C)N2C(C)(C)C. The monoisotopic (exact) mass is 269 g/mol. The van der Waals surface area contributed by atoms with E-state index in [0.29, 0.717) is 17.3 Å². The summed E-state index contributed by atoms with van der Waals surface area (Å²) in [5.74, 6) is 1.09. The van der Waals surface area contributed by atoms with E-state index in [1.165, 1.54) is 5.56 Å². The maximum Gasteiger partial charge on any atom is 0.175 e. The largest absolute Gasteiger partial charge is 0.348 e. The van der Waals surface area contributed by atoms with Crippen LogP contribution in [0.2, 0.25) is 0 Å². The summed E-state index contributed by atoms with van der Waals surface area (Å²) in [5.41, 5.74) is 3.44. The van der Waals surface area contributed by atoms with Crippen LogP contribution in [0, 0.1) is 18.3 Å². The van der Waals surface area contributed by atoms with Gasteiger partial charge < -0.3 is 4.90 Å². The number of nitriles is 1. The zero-order valence-corrected chi connectivity index (χ0v) is 12.6. The summed E-state index contributed by atoms with van der Waals surface area (Å²) in [6.45, 7) is 10.9. The Morgan fingerprint density at radius 1 is 1.40 bits per heavy atom. The Kier molecular flexibility index (Phi) is 2.55. The molecule has 1 atom stereocenters. The molecule has 1 aliphatic rings. The summed E-state index contributed by atoms with van der Waals surface area (Å²) in [7, 11) is 0. The van der Waals surface area contributed by atoms with Gasteiger partial charge in [-0.25, -0.2) is 4.98 Å². The molecule has 0 aliphatic carbocycles. The van der Waals surface area contributed by atoms with Crippen LogP contribution in [0.3, 0.4) is 0 Å². The zero-order chi connectivity index (χ0) is 14.7. The lowest BCUT2D eigenvalue weighted by Gasteiger charge is -2.38. The number of anilines is 1. The highest BCUT2D eigenvalue weighted by Gasteiger charge is 2.37. The molecular weight excluding hydrogens is 250 g/mol. The van der Waals surface area contributed by atoms with Gasteiger partial charge in [0.05, 0.1) is 6.20 Å². The number of nitrogens with zero attached hydrogens (tertiary/aromatic N) is 5. The van der Waals surface area contributed by atoms with Gasteiger partial charge in [0.2, 0.25) is 0 Å². The average Bonchev–Trinajstić information content (AvgIpc) is 2.88. The van der Waals surface area contributed by atoms with Crippen LogP contribution in [0.5, 0.6) is 0 Å². The summed E-state index contributed by atoms with van der Waals surface area (Å²) in [5, 5.41) is 13.6. The minimum atomic E-state index is 0.00411. The van der Waals surface area contributed by atoms with Gasteiger partial charge in [-0.3, -0.25) is 0 Å². The smallest absolute Gasteiger partial charge is 0.175 e. The molecule has 20 heavy (non-hydrogen) atoms. The van der Waals surface area contributed by atoms with E-state index in [4.69, 9.17) is 0 Å². The minimum absolute atomic E-state index is 0.00411. The van der Waals surface area contributed by atoms with Crippen molar-refractivity contribution < 1.29 is 0 Å². The van der Waals surface area contributed by atoms with Crippen LogP contribution >= 0.6 is 0 Å². The number of fused-ring (bicyclic) bond motifs is 3. The Morgan fingerprint density at radius 2 is 2.10 bits per heavy atom. The summed E-state index contributed by atoms with van der Waals surface area (Å²) in [6.07, 6.45) is 2.58. The first-order chi connectivity index (χ1) is 9.34. The van der Waals surface area contributed by atoms with Crippen molar-refractivity contribution in [3.05, 3.63) is 23.0 Å². The predicted octanol–water partition coefficient (Wildman–Crippen LogP) is 2.46. The summed E-state index contributed by atoms with van der Waals surface area (Å²) >= 11 is 0. The first-order valence-electron chi connectivity index (χ1n) is 6.91. The van der Waals surface area contributed by atoms with Crippen LogP contribution < -0.4 is 4.90 Å². The first-order valence-corrected chi connectivity index (χ1v) is 6.91. The molecule has 0 spiro atoms. The standard InChI is InChI=1S/C15H19N5/c1-9-6-12-10(2)18-13-11(7-16)8-17-20(13)14(12)19(9)15(3,4)5/h8-9H,6H2,1-5H3/t9-/m1/s1. The molecule has 0 bridgehead atoms. The van der Waals surface area contributed by atoms with Gasteiger partial charge in [0, 0.05) is 22.8 Å². The molecule has 0 unspecified atom stereocenters. The van der Waals surface area contributed by atoms with Crippen molar-refractivity contribution in [2.24, 2.45) is 0 Å². The van der Waals surface area contributed by atoms with Gasteiger partial charge >= 0.3 is 0 Å². The van der Waals surface area contributed by atoms with E-state index in [0.717, 1.165) is 17.9 Å². The number of hydrogen-bond donors (Lipinski definition) is 0. The number of rotatable bonds is 0. The molecule has 5 heteroatoms. The Bertz CT molecular complexity index is 729. The molecule has 0 amide bonds. The quantitative estimate of drug-likeness (QED) is 0.737. The molecule has 0 fully saturated rings. The first kappa shape index (κ1) is 12.9. The fourth-order valence-corrected chi connectivity index (χ4v) is 3.26. The van der Waals surface area contributed by atoms with E-state index in [1.807, 2.05) is 11.4 Å². The lowest BCUT2D eigenvalue weighted by Crippen LogP contribution is -2.45. The topological polar surface area (TPSA) is 57.2 Å². The Hall–Kier alpha value is -2.09. The van der Waals surface area contributed by atoms with Crippen molar-refractivity contribution in [3.63, 3.8) is 0 Å². The minimum Gasteiger partial charge on any atom is -0.348 e. The Balaban J connectivity index is 2.37.